The zero-order valence-corrected chi connectivity index (χ0v) is 15.2. The third kappa shape index (κ3) is 2.34. The summed E-state index contributed by atoms with van der Waals surface area (Å²) in [5.74, 6) is 1.84. The Balaban J connectivity index is 1.98. The molecule has 1 aliphatic heterocycles. The van der Waals surface area contributed by atoms with Gasteiger partial charge in [0.25, 0.3) is 0 Å². The standard InChI is InChI=1S/C25H19BO/c26-20-15-16-24-22(17-20)25(18-9-3-1-4-10-18,19-11-5-2-6-12-19)21-13-7-8-14-23(21)27-24/h1-17H,26H2. The summed E-state index contributed by atoms with van der Waals surface area (Å²) in [4.78, 5) is 0. The number of rotatable bonds is 2. The average molecular weight is 346 g/mol. The molecule has 0 spiro atoms. The highest BCUT2D eigenvalue weighted by atomic mass is 16.5. The first-order chi connectivity index (χ1) is 13.3. The van der Waals surface area contributed by atoms with E-state index in [-0.39, 0.29) is 0 Å². The molecule has 0 unspecified atom stereocenters. The Labute approximate surface area is 160 Å². The summed E-state index contributed by atoms with van der Waals surface area (Å²) in [5.41, 5.74) is 5.70. The minimum atomic E-state index is -0.404. The van der Waals surface area contributed by atoms with E-state index in [0.717, 1.165) is 11.5 Å². The molecule has 0 N–H and O–H groups in total. The summed E-state index contributed by atoms with van der Waals surface area (Å²) >= 11 is 0. The van der Waals surface area contributed by atoms with Gasteiger partial charge in [0.05, 0.1) is 5.41 Å². The molecule has 2 heteroatoms. The summed E-state index contributed by atoms with van der Waals surface area (Å²) in [5, 5.41) is 0. The Bertz CT molecular complexity index is 1060. The van der Waals surface area contributed by atoms with E-state index in [2.05, 4.69) is 105 Å². The van der Waals surface area contributed by atoms with Gasteiger partial charge in [-0.05, 0) is 23.3 Å². The van der Waals surface area contributed by atoms with Crippen LogP contribution in [-0.4, -0.2) is 7.85 Å². The highest BCUT2D eigenvalue weighted by molar-refractivity contribution is 6.32. The van der Waals surface area contributed by atoms with Crippen molar-refractivity contribution in [2.24, 2.45) is 0 Å². The molecule has 0 radical (unpaired) electrons. The summed E-state index contributed by atoms with van der Waals surface area (Å²) in [7, 11) is 2.14. The van der Waals surface area contributed by atoms with Gasteiger partial charge in [-0.15, -0.1) is 0 Å². The molecule has 0 fully saturated rings. The molecule has 5 rings (SSSR count). The smallest absolute Gasteiger partial charge is 0.139 e. The van der Waals surface area contributed by atoms with Crippen molar-refractivity contribution in [1.29, 1.82) is 0 Å². The van der Waals surface area contributed by atoms with Crippen LogP contribution < -0.4 is 10.2 Å². The van der Waals surface area contributed by atoms with Gasteiger partial charge in [-0.3, -0.25) is 0 Å². The molecule has 128 valence electrons. The summed E-state index contributed by atoms with van der Waals surface area (Å²) in [6.45, 7) is 0. The van der Waals surface area contributed by atoms with E-state index in [1.54, 1.807) is 0 Å². The average Bonchev–Trinajstić information content (AvgIpc) is 2.73. The SMILES string of the molecule is Bc1ccc2c(c1)C(c1ccccc1)(c1ccccc1)c1ccccc1O2. The molecular formula is C25H19BO. The first-order valence-corrected chi connectivity index (χ1v) is 9.29. The molecule has 1 heterocycles. The lowest BCUT2D eigenvalue weighted by Gasteiger charge is -2.41. The van der Waals surface area contributed by atoms with Crippen LogP contribution in [0.4, 0.5) is 0 Å². The molecule has 4 aromatic carbocycles. The van der Waals surface area contributed by atoms with E-state index in [4.69, 9.17) is 4.74 Å². The normalized spacial score (nSPS) is 13.9. The van der Waals surface area contributed by atoms with Crippen molar-refractivity contribution in [3.05, 3.63) is 125 Å². The maximum Gasteiger partial charge on any atom is 0.139 e. The van der Waals surface area contributed by atoms with E-state index >= 15 is 0 Å². The molecule has 1 nitrogen and oxygen atoms in total. The van der Waals surface area contributed by atoms with Gasteiger partial charge in [-0.25, -0.2) is 0 Å². The number of para-hydroxylation sites is 1. The zero-order valence-electron chi connectivity index (χ0n) is 15.2. The van der Waals surface area contributed by atoms with E-state index < -0.39 is 5.41 Å². The lowest BCUT2D eigenvalue weighted by atomic mass is 9.63. The Kier molecular flexibility index (Phi) is 3.65. The van der Waals surface area contributed by atoms with Crippen LogP contribution in [0.3, 0.4) is 0 Å². The zero-order chi connectivity index (χ0) is 18.3. The molecule has 27 heavy (non-hydrogen) atoms. The maximum absolute atomic E-state index is 6.33. The lowest BCUT2D eigenvalue weighted by molar-refractivity contribution is 0.435. The fraction of sp³-hybridized carbons (Fsp3) is 0.0400. The van der Waals surface area contributed by atoms with Gasteiger partial charge in [-0.1, -0.05) is 96.5 Å². The van der Waals surface area contributed by atoms with E-state index in [9.17, 15) is 0 Å². The van der Waals surface area contributed by atoms with Crippen LogP contribution in [0.2, 0.25) is 0 Å². The van der Waals surface area contributed by atoms with Crippen LogP contribution in [0.1, 0.15) is 22.3 Å². The fourth-order valence-electron chi connectivity index (χ4n) is 4.32. The molecular weight excluding hydrogens is 327 g/mol. The van der Waals surface area contributed by atoms with Crippen molar-refractivity contribution >= 4 is 13.3 Å². The van der Waals surface area contributed by atoms with Gasteiger partial charge in [0.2, 0.25) is 0 Å². The second kappa shape index (κ2) is 6.17. The highest BCUT2D eigenvalue weighted by Crippen LogP contribution is 2.54. The first-order valence-electron chi connectivity index (χ1n) is 9.29. The Morgan fingerprint density at radius 2 is 1.11 bits per heavy atom. The Morgan fingerprint density at radius 3 is 1.78 bits per heavy atom. The molecule has 0 atom stereocenters. The molecule has 0 saturated carbocycles. The number of ether oxygens (including phenoxy) is 1. The second-order valence-electron chi connectivity index (χ2n) is 7.08. The number of benzene rings is 4. The number of hydrogen-bond donors (Lipinski definition) is 0. The summed E-state index contributed by atoms with van der Waals surface area (Å²) in [6.07, 6.45) is 0. The van der Waals surface area contributed by atoms with Crippen molar-refractivity contribution < 1.29 is 4.74 Å². The van der Waals surface area contributed by atoms with Crippen LogP contribution in [0, 0.1) is 0 Å². The highest BCUT2D eigenvalue weighted by Gasteiger charge is 2.44. The van der Waals surface area contributed by atoms with Crippen molar-refractivity contribution in [2.75, 3.05) is 0 Å². The van der Waals surface area contributed by atoms with Crippen LogP contribution >= 0.6 is 0 Å². The quantitative estimate of drug-likeness (QED) is 0.430. The van der Waals surface area contributed by atoms with E-state index in [1.807, 2.05) is 6.07 Å². The van der Waals surface area contributed by atoms with Crippen molar-refractivity contribution in [3.8, 4) is 11.5 Å². The first kappa shape index (κ1) is 16.0. The molecule has 1 aliphatic rings. The molecule has 0 amide bonds. The lowest BCUT2D eigenvalue weighted by Crippen LogP contribution is -2.35. The number of hydrogen-bond acceptors (Lipinski definition) is 1. The molecule has 0 saturated heterocycles. The summed E-state index contributed by atoms with van der Waals surface area (Å²) < 4.78 is 6.33. The van der Waals surface area contributed by atoms with Crippen LogP contribution in [0.25, 0.3) is 0 Å². The second-order valence-corrected chi connectivity index (χ2v) is 7.08. The van der Waals surface area contributed by atoms with E-state index in [1.165, 1.54) is 27.7 Å². The minimum Gasteiger partial charge on any atom is -0.457 e. The van der Waals surface area contributed by atoms with Crippen LogP contribution in [0.15, 0.2) is 103 Å². The topological polar surface area (TPSA) is 9.23 Å². The van der Waals surface area contributed by atoms with Gasteiger partial charge in [0, 0.05) is 11.1 Å². The van der Waals surface area contributed by atoms with Crippen molar-refractivity contribution in [1.82, 2.24) is 0 Å². The summed E-state index contributed by atoms with van der Waals surface area (Å²) in [6, 6.07) is 36.4. The molecule has 0 bridgehead atoms. The fourth-order valence-corrected chi connectivity index (χ4v) is 4.32. The molecule has 0 aliphatic carbocycles. The number of fused-ring (bicyclic) bond motifs is 2. The van der Waals surface area contributed by atoms with Gasteiger partial charge in [0.1, 0.15) is 19.3 Å². The van der Waals surface area contributed by atoms with Gasteiger partial charge >= 0.3 is 0 Å². The van der Waals surface area contributed by atoms with Crippen LogP contribution in [0.5, 0.6) is 11.5 Å². The monoisotopic (exact) mass is 346 g/mol. The predicted molar refractivity (Wildman–Crippen MR) is 113 cm³/mol. The maximum atomic E-state index is 6.33. The van der Waals surface area contributed by atoms with Gasteiger partial charge < -0.3 is 4.74 Å². The molecule has 4 aromatic rings. The predicted octanol–water partition coefficient (Wildman–Crippen LogP) is 4.43. The Hall–Kier alpha value is -3.26. The third-order valence-corrected chi connectivity index (χ3v) is 5.46. The molecule has 0 aromatic heterocycles. The van der Waals surface area contributed by atoms with Crippen LogP contribution in [-0.2, 0) is 5.41 Å². The van der Waals surface area contributed by atoms with Crippen molar-refractivity contribution in [2.45, 2.75) is 5.41 Å². The largest absolute Gasteiger partial charge is 0.457 e. The third-order valence-electron chi connectivity index (χ3n) is 5.46. The van der Waals surface area contributed by atoms with Crippen molar-refractivity contribution in [3.63, 3.8) is 0 Å². The van der Waals surface area contributed by atoms with E-state index in [0.29, 0.717) is 0 Å². The minimum absolute atomic E-state index is 0.404. The van der Waals surface area contributed by atoms with Gasteiger partial charge in [0.15, 0.2) is 0 Å². The Morgan fingerprint density at radius 1 is 0.556 bits per heavy atom. The van der Waals surface area contributed by atoms with Gasteiger partial charge in [-0.2, -0.15) is 0 Å².